The average Bonchev–Trinajstić information content (AvgIpc) is 3.22. The van der Waals surface area contributed by atoms with E-state index in [9.17, 15) is 9.90 Å². The van der Waals surface area contributed by atoms with Crippen LogP contribution in [0.4, 0.5) is 4.79 Å². The third kappa shape index (κ3) is 11.9. The Morgan fingerprint density at radius 3 is 1.98 bits per heavy atom. The van der Waals surface area contributed by atoms with Crippen molar-refractivity contribution >= 4 is 6.09 Å². The molecule has 6 atom stereocenters. The molecule has 0 spiro atoms. The summed E-state index contributed by atoms with van der Waals surface area (Å²) in [4.78, 5) is 17.1. The minimum atomic E-state index is -0.914. The van der Waals surface area contributed by atoms with Gasteiger partial charge >= 0.3 is 6.09 Å². The van der Waals surface area contributed by atoms with Crippen LogP contribution in [0.25, 0.3) is 0 Å². The van der Waals surface area contributed by atoms with Gasteiger partial charge in [-0.1, -0.05) is 12.1 Å². The highest BCUT2D eigenvalue weighted by atomic mass is 16.5. The van der Waals surface area contributed by atoms with E-state index in [-0.39, 0.29) is 24.9 Å². The summed E-state index contributed by atoms with van der Waals surface area (Å²) in [5.74, 6) is 2.64. The molecule has 0 aromatic heterocycles. The second-order valence-corrected chi connectivity index (χ2v) is 14.7. The van der Waals surface area contributed by atoms with Gasteiger partial charge in [-0.2, -0.15) is 10.5 Å². The lowest BCUT2D eigenvalue weighted by Crippen LogP contribution is -2.61. The van der Waals surface area contributed by atoms with Crippen molar-refractivity contribution in [2.24, 2.45) is 0 Å². The summed E-state index contributed by atoms with van der Waals surface area (Å²) in [7, 11) is 3.24. The van der Waals surface area contributed by atoms with E-state index < -0.39 is 12.2 Å². The number of aliphatic hydroxyl groups excluding tert-OH is 1. The van der Waals surface area contributed by atoms with Gasteiger partial charge in [0.15, 0.2) is 11.5 Å². The van der Waals surface area contributed by atoms with E-state index in [4.69, 9.17) is 44.1 Å². The standard InChI is InChI=1S/C25H31N3O4.C17H21N3O5/c1-29-24-10-9-20(12-25(24)30-2)32-23(19-7-5-18(13-26)6-8-19)4-3-11-28-16-21-14-27-15-22(17-28)31-21;18-5-12-1-3-14(4-2-12)24-11-13(21)6-19-7-15-9-20(17(22)23)10-16(8-19)25-15/h5-10,12,21-23,27H,3-4,11,14-17H2,1-2H3;1-4,13,15-16,21H,6-11H2,(H,22,23)/t;13-,15?,16?/m.0/s1. The first kappa shape index (κ1) is 41.5. The van der Waals surface area contributed by atoms with Gasteiger partial charge in [0, 0.05) is 51.9 Å². The van der Waals surface area contributed by atoms with Gasteiger partial charge in [0.2, 0.25) is 0 Å². The summed E-state index contributed by atoms with van der Waals surface area (Å²) in [6, 6.07) is 24.2. The maximum absolute atomic E-state index is 11.1. The fraction of sp³-hybridized carbons (Fsp3) is 0.500. The van der Waals surface area contributed by atoms with Gasteiger partial charge in [-0.05, 0) is 73.5 Å². The summed E-state index contributed by atoms with van der Waals surface area (Å²) in [5.41, 5.74) is 2.26. The number of ether oxygens (including phenoxy) is 6. The molecule has 4 fully saturated rings. The van der Waals surface area contributed by atoms with Crippen LogP contribution in [-0.4, -0.2) is 148 Å². The zero-order valence-electron chi connectivity index (χ0n) is 32.5. The van der Waals surface area contributed by atoms with E-state index in [2.05, 4.69) is 21.2 Å². The molecule has 4 bridgehead atoms. The van der Waals surface area contributed by atoms with E-state index in [1.807, 2.05) is 48.5 Å². The molecule has 3 aromatic rings. The van der Waals surface area contributed by atoms with Crippen molar-refractivity contribution in [3.05, 3.63) is 83.4 Å². The minimum absolute atomic E-state index is 0.122. The Hall–Kier alpha value is -5.13. The Morgan fingerprint density at radius 2 is 1.39 bits per heavy atom. The molecule has 0 radical (unpaired) electrons. The number of morpholine rings is 4. The lowest BCUT2D eigenvalue weighted by Gasteiger charge is -2.45. The summed E-state index contributed by atoms with van der Waals surface area (Å²) in [6.07, 6.45) is 0.441. The number of aliphatic hydroxyl groups is 1. The molecule has 7 rings (SSSR count). The van der Waals surface area contributed by atoms with Crippen molar-refractivity contribution in [2.45, 2.75) is 49.5 Å². The number of methoxy groups -OCH3 is 2. The fourth-order valence-corrected chi connectivity index (χ4v) is 7.69. The highest BCUT2D eigenvalue weighted by molar-refractivity contribution is 5.65. The molecule has 3 aromatic carbocycles. The Kier molecular flexibility index (Phi) is 14.8. The summed E-state index contributed by atoms with van der Waals surface area (Å²) >= 11 is 0. The minimum Gasteiger partial charge on any atom is -0.493 e. The van der Waals surface area contributed by atoms with Crippen LogP contribution in [0.3, 0.4) is 0 Å². The molecule has 5 unspecified atom stereocenters. The highest BCUT2D eigenvalue weighted by Gasteiger charge is 2.37. The second-order valence-electron chi connectivity index (χ2n) is 14.7. The van der Waals surface area contributed by atoms with Gasteiger partial charge in [-0.3, -0.25) is 9.80 Å². The highest BCUT2D eigenvalue weighted by Crippen LogP contribution is 2.34. The number of benzene rings is 3. The van der Waals surface area contributed by atoms with Crippen LogP contribution in [0.2, 0.25) is 0 Å². The van der Waals surface area contributed by atoms with Gasteiger partial charge in [0.1, 0.15) is 30.3 Å². The summed E-state index contributed by atoms with van der Waals surface area (Å²) in [6.45, 7) is 7.33. The van der Waals surface area contributed by atoms with Crippen LogP contribution in [0.1, 0.15) is 35.6 Å². The molecule has 0 saturated carbocycles. The smallest absolute Gasteiger partial charge is 0.407 e. The van der Waals surface area contributed by atoms with Crippen LogP contribution in [-0.2, 0) is 9.47 Å². The van der Waals surface area contributed by atoms with Gasteiger partial charge in [0.05, 0.1) is 75.0 Å². The number of nitrogens with zero attached hydrogens (tertiary/aromatic N) is 5. The number of hydrogen-bond donors (Lipinski definition) is 3. The van der Waals surface area contributed by atoms with E-state index in [1.54, 1.807) is 38.5 Å². The molecule has 3 N–H and O–H groups in total. The van der Waals surface area contributed by atoms with Crippen molar-refractivity contribution in [3.63, 3.8) is 0 Å². The number of β-amino-alcohol motifs (C(OH)–C–C–N with tert-alkyl or cyclic N) is 1. The monoisotopic (exact) mass is 784 g/mol. The number of carbonyl (C=O) groups is 1. The van der Waals surface area contributed by atoms with Crippen molar-refractivity contribution in [2.75, 3.05) is 86.3 Å². The number of fused-ring (bicyclic) bond motifs is 4. The van der Waals surface area contributed by atoms with E-state index in [0.29, 0.717) is 73.3 Å². The number of nitriles is 2. The molecule has 1 amide bonds. The van der Waals surface area contributed by atoms with Crippen LogP contribution in [0, 0.1) is 22.7 Å². The quantitative estimate of drug-likeness (QED) is 0.216. The van der Waals surface area contributed by atoms with E-state index in [1.165, 1.54) is 4.90 Å². The Labute approximate surface area is 333 Å². The molecule has 0 aliphatic carbocycles. The Balaban J connectivity index is 0.000000199. The van der Waals surface area contributed by atoms with Crippen molar-refractivity contribution in [1.82, 2.24) is 20.0 Å². The molecule has 304 valence electrons. The maximum atomic E-state index is 11.1. The first-order valence-corrected chi connectivity index (χ1v) is 19.4. The van der Waals surface area contributed by atoms with Gasteiger partial charge in [-0.15, -0.1) is 0 Å². The molecule has 15 heteroatoms. The zero-order valence-corrected chi connectivity index (χ0v) is 32.5. The number of carboxylic acid groups (broad SMARTS) is 1. The van der Waals surface area contributed by atoms with Crippen LogP contribution in [0.15, 0.2) is 66.7 Å². The van der Waals surface area contributed by atoms with Gasteiger partial charge in [-0.25, -0.2) is 4.79 Å². The lowest BCUT2D eigenvalue weighted by molar-refractivity contribution is -0.136. The number of hydrogen-bond acceptors (Lipinski definition) is 13. The fourth-order valence-electron chi connectivity index (χ4n) is 7.69. The molecule has 4 heterocycles. The predicted molar refractivity (Wildman–Crippen MR) is 209 cm³/mol. The van der Waals surface area contributed by atoms with Gasteiger partial charge < -0.3 is 48.9 Å². The average molecular weight is 785 g/mol. The normalized spacial score (nSPS) is 22.7. The largest absolute Gasteiger partial charge is 0.493 e. The molecule has 15 nitrogen and oxygen atoms in total. The van der Waals surface area contributed by atoms with Crippen LogP contribution in [0.5, 0.6) is 23.0 Å². The molecule has 4 aliphatic heterocycles. The van der Waals surface area contributed by atoms with E-state index >= 15 is 0 Å². The second kappa shape index (κ2) is 20.3. The first-order valence-electron chi connectivity index (χ1n) is 19.4. The zero-order chi connectivity index (χ0) is 40.1. The van der Waals surface area contributed by atoms with Crippen molar-refractivity contribution < 1.29 is 43.4 Å². The molecular formula is C42H52N6O9. The van der Waals surface area contributed by atoms with E-state index in [0.717, 1.165) is 56.9 Å². The van der Waals surface area contributed by atoms with Crippen molar-refractivity contribution in [3.8, 4) is 35.1 Å². The molecule has 57 heavy (non-hydrogen) atoms. The lowest BCUT2D eigenvalue weighted by atomic mass is 10.0. The predicted octanol–water partition coefficient (Wildman–Crippen LogP) is 3.51. The summed E-state index contributed by atoms with van der Waals surface area (Å²) in [5, 5.41) is 40.6. The molecule has 4 aliphatic rings. The van der Waals surface area contributed by atoms with Crippen molar-refractivity contribution in [1.29, 1.82) is 10.5 Å². The number of rotatable bonds is 14. The summed E-state index contributed by atoms with van der Waals surface area (Å²) < 4.78 is 34.5. The van der Waals surface area contributed by atoms with Gasteiger partial charge in [0.25, 0.3) is 0 Å². The Bertz CT molecular complexity index is 1810. The van der Waals surface area contributed by atoms with Crippen LogP contribution >= 0.6 is 0 Å². The topological polar surface area (TPSA) is 182 Å². The number of nitrogens with one attached hydrogen (secondary N) is 1. The third-order valence-electron chi connectivity index (χ3n) is 10.4. The Morgan fingerprint density at radius 1 is 0.807 bits per heavy atom. The maximum Gasteiger partial charge on any atom is 0.407 e. The third-order valence-corrected chi connectivity index (χ3v) is 10.4. The molecular weight excluding hydrogens is 732 g/mol. The van der Waals surface area contributed by atoms with Crippen LogP contribution < -0.4 is 24.3 Å². The first-order chi connectivity index (χ1) is 27.7. The number of amides is 1. The SMILES string of the molecule is COc1ccc(OC(CCCN2CC3CNCC(C2)O3)c2ccc(C#N)cc2)cc1OC.N#Cc1ccc(OC[C@@H](O)CN2CC3CN(C(=O)O)CC(C2)O3)cc1. The molecule has 4 saturated heterocycles.